The second-order valence-corrected chi connectivity index (χ2v) is 5.65. The molecule has 0 saturated carbocycles. The third-order valence-corrected chi connectivity index (χ3v) is 4.00. The van der Waals surface area contributed by atoms with Crippen LogP contribution in [0.5, 0.6) is 17.2 Å². The van der Waals surface area contributed by atoms with Gasteiger partial charge in [0.25, 0.3) is 0 Å². The zero-order valence-corrected chi connectivity index (χ0v) is 14.7. The second-order valence-electron chi connectivity index (χ2n) is 5.65. The van der Waals surface area contributed by atoms with Gasteiger partial charge in [0.1, 0.15) is 17.2 Å². The minimum Gasteiger partial charge on any atom is -0.497 e. The zero-order valence-electron chi connectivity index (χ0n) is 14.7. The van der Waals surface area contributed by atoms with E-state index in [4.69, 9.17) is 14.2 Å². The fourth-order valence-corrected chi connectivity index (χ4v) is 2.60. The zero-order chi connectivity index (χ0) is 18.7. The quantitative estimate of drug-likeness (QED) is 0.607. The first kappa shape index (κ1) is 17.5. The van der Waals surface area contributed by atoms with E-state index in [-0.39, 0.29) is 18.1 Å². The molecule has 1 aliphatic heterocycles. The van der Waals surface area contributed by atoms with Gasteiger partial charge in [-0.25, -0.2) is 4.79 Å². The Hall–Kier alpha value is -3.28. The van der Waals surface area contributed by atoms with Crippen molar-refractivity contribution < 1.29 is 28.5 Å². The number of esters is 1. The van der Waals surface area contributed by atoms with Gasteiger partial charge in [0.05, 0.1) is 19.8 Å². The molecule has 6 nitrogen and oxygen atoms in total. The highest BCUT2D eigenvalue weighted by atomic mass is 16.6. The van der Waals surface area contributed by atoms with Crippen LogP contribution >= 0.6 is 0 Å². The molecule has 0 saturated heterocycles. The van der Waals surface area contributed by atoms with Gasteiger partial charge in [-0.3, -0.25) is 4.79 Å². The van der Waals surface area contributed by atoms with Crippen molar-refractivity contribution in [2.45, 2.75) is 6.92 Å². The van der Waals surface area contributed by atoms with Crippen molar-refractivity contribution in [1.29, 1.82) is 0 Å². The lowest BCUT2D eigenvalue weighted by Crippen LogP contribution is -2.13. The molecule has 0 fully saturated rings. The Morgan fingerprint density at radius 3 is 2.73 bits per heavy atom. The number of carbonyl (C=O) groups is 2. The molecule has 1 heterocycles. The van der Waals surface area contributed by atoms with Crippen LogP contribution in [-0.4, -0.2) is 32.6 Å². The normalized spacial score (nSPS) is 14.0. The highest BCUT2D eigenvalue weighted by Crippen LogP contribution is 2.39. The fraction of sp³-hybridized carbons (Fsp3) is 0.200. The van der Waals surface area contributed by atoms with Gasteiger partial charge in [0, 0.05) is 5.56 Å². The first-order valence-corrected chi connectivity index (χ1v) is 7.95. The molecular weight excluding hydrogens is 336 g/mol. The second kappa shape index (κ2) is 7.31. The molecule has 0 aromatic heterocycles. The van der Waals surface area contributed by atoms with Crippen LogP contribution in [0.15, 0.2) is 42.2 Å². The number of hydrogen-bond acceptors (Lipinski definition) is 6. The number of ketones is 1. The van der Waals surface area contributed by atoms with Crippen LogP contribution in [-0.2, 0) is 9.53 Å². The average Bonchev–Trinajstić information content (AvgIpc) is 2.97. The maximum absolute atomic E-state index is 12.6. The van der Waals surface area contributed by atoms with Crippen molar-refractivity contribution >= 4 is 17.8 Å². The summed E-state index contributed by atoms with van der Waals surface area (Å²) in [5.41, 5.74) is 1.90. The molecule has 134 valence electrons. The molecule has 0 aliphatic carbocycles. The average molecular weight is 354 g/mol. The molecule has 1 aliphatic rings. The summed E-state index contributed by atoms with van der Waals surface area (Å²) in [5, 5.41) is 0. The molecule has 2 aromatic rings. The van der Waals surface area contributed by atoms with Gasteiger partial charge in [-0.15, -0.1) is 0 Å². The number of benzene rings is 2. The Morgan fingerprint density at radius 2 is 2.00 bits per heavy atom. The maximum atomic E-state index is 12.6. The molecule has 6 heteroatoms. The van der Waals surface area contributed by atoms with Crippen LogP contribution in [0.1, 0.15) is 21.5 Å². The molecule has 3 rings (SSSR count). The maximum Gasteiger partial charge on any atom is 0.343 e. The van der Waals surface area contributed by atoms with E-state index < -0.39 is 5.97 Å². The standard InChI is InChI=1S/C20H18O6/c1-12-16(25-11-18(21)24-3)8-7-15-19(22)17(26-20(12)15)10-13-5-4-6-14(9-13)23-2/h4-10H,11H2,1-3H3/b17-10-. The van der Waals surface area contributed by atoms with Crippen LogP contribution in [0.4, 0.5) is 0 Å². The van der Waals surface area contributed by atoms with Gasteiger partial charge in [0.2, 0.25) is 5.78 Å². The Morgan fingerprint density at radius 1 is 1.19 bits per heavy atom. The number of fused-ring (bicyclic) bond motifs is 1. The number of methoxy groups -OCH3 is 2. The Balaban J connectivity index is 1.87. The van der Waals surface area contributed by atoms with Crippen LogP contribution in [0.2, 0.25) is 0 Å². The lowest BCUT2D eigenvalue weighted by molar-refractivity contribution is -0.142. The lowest BCUT2D eigenvalue weighted by Gasteiger charge is -2.10. The van der Waals surface area contributed by atoms with Crippen molar-refractivity contribution in [3.63, 3.8) is 0 Å². The van der Waals surface area contributed by atoms with E-state index in [0.29, 0.717) is 28.4 Å². The number of hydrogen-bond donors (Lipinski definition) is 0. The Kier molecular flexibility index (Phi) is 4.93. The third-order valence-electron chi connectivity index (χ3n) is 4.00. The van der Waals surface area contributed by atoms with E-state index in [0.717, 1.165) is 5.56 Å². The summed E-state index contributed by atoms with van der Waals surface area (Å²) < 4.78 is 21.0. The molecule has 26 heavy (non-hydrogen) atoms. The van der Waals surface area contributed by atoms with Gasteiger partial charge < -0.3 is 18.9 Å². The van der Waals surface area contributed by atoms with E-state index in [1.165, 1.54) is 7.11 Å². The topological polar surface area (TPSA) is 71.1 Å². The summed E-state index contributed by atoms with van der Waals surface area (Å²) in [6, 6.07) is 10.6. The van der Waals surface area contributed by atoms with Crippen LogP contribution in [0, 0.1) is 6.92 Å². The minimum absolute atomic E-state index is 0.203. The monoisotopic (exact) mass is 354 g/mol. The summed E-state index contributed by atoms with van der Waals surface area (Å²) in [6.45, 7) is 1.56. The third kappa shape index (κ3) is 3.39. The molecule has 0 radical (unpaired) electrons. The van der Waals surface area contributed by atoms with Crippen molar-refractivity contribution in [2.24, 2.45) is 0 Å². The number of carbonyl (C=O) groups excluding carboxylic acids is 2. The SMILES string of the molecule is COC(=O)COc1ccc2c(c1C)O/C(=C\c1cccc(OC)c1)C2=O. The number of allylic oxidation sites excluding steroid dienone is 1. The minimum atomic E-state index is -0.486. The van der Waals surface area contributed by atoms with Crippen molar-refractivity contribution in [3.8, 4) is 17.2 Å². The molecule has 0 N–H and O–H groups in total. The number of rotatable bonds is 5. The number of Topliss-reactive ketones (excluding diaryl/α,β-unsaturated/α-hetero) is 1. The molecule has 0 atom stereocenters. The Labute approximate surface area is 150 Å². The largest absolute Gasteiger partial charge is 0.497 e. The van der Waals surface area contributed by atoms with E-state index >= 15 is 0 Å². The fourth-order valence-electron chi connectivity index (χ4n) is 2.60. The van der Waals surface area contributed by atoms with Gasteiger partial charge >= 0.3 is 5.97 Å². The molecule has 0 bridgehead atoms. The first-order valence-electron chi connectivity index (χ1n) is 7.95. The summed E-state index contributed by atoms with van der Waals surface area (Å²) in [5.74, 6) is 1.13. The van der Waals surface area contributed by atoms with Crippen molar-refractivity contribution in [3.05, 3.63) is 58.8 Å². The highest BCUT2D eigenvalue weighted by molar-refractivity contribution is 6.15. The van der Waals surface area contributed by atoms with Gasteiger partial charge in [-0.2, -0.15) is 0 Å². The molecule has 2 aromatic carbocycles. The number of ether oxygens (including phenoxy) is 4. The molecule has 0 spiro atoms. The van der Waals surface area contributed by atoms with E-state index in [1.807, 2.05) is 24.3 Å². The van der Waals surface area contributed by atoms with E-state index in [9.17, 15) is 9.59 Å². The smallest absolute Gasteiger partial charge is 0.343 e. The van der Waals surface area contributed by atoms with Crippen molar-refractivity contribution in [2.75, 3.05) is 20.8 Å². The highest BCUT2D eigenvalue weighted by Gasteiger charge is 2.30. The summed E-state index contributed by atoms with van der Waals surface area (Å²) >= 11 is 0. The van der Waals surface area contributed by atoms with Crippen LogP contribution in [0.25, 0.3) is 6.08 Å². The molecular formula is C20H18O6. The van der Waals surface area contributed by atoms with Crippen LogP contribution in [0.3, 0.4) is 0 Å². The Bertz CT molecular complexity index is 897. The van der Waals surface area contributed by atoms with Crippen LogP contribution < -0.4 is 14.2 Å². The summed E-state index contributed by atoms with van der Waals surface area (Å²) in [6.07, 6.45) is 1.67. The van der Waals surface area contributed by atoms with E-state index in [2.05, 4.69) is 4.74 Å². The predicted octanol–water partition coefficient (Wildman–Crippen LogP) is 3.17. The predicted molar refractivity (Wildman–Crippen MR) is 94.6 cm³/mol. The molecule has 0 amide bonds. The van der Waals surface area contributed by atoms with E-state index in [1.54, 1.807) is 32.2 Å². The lowest BCUT2D eigenvalue weighted by atomic mass is 10.1. The molecule has 0 unspecified atom stereocenters. The van der Waals surface area contributed by atoms with Gasteiger partial charge in [0.15, 0.2) is 12.4 Å². The summed E-state index contributed by atoms with van der Waals surface area (Å²) in [4.78, 5) is 23.8. The van der Waals surface area contributed by atoms with Gasteiger partial charge in [-0.05, 0) is 42.8 Å². The van der Waals surface area contributed by atoms with Gasteiger partial charge in [-0.1, -0.05) is 12.1 Å². The van der Waals surface area contributed by atoms with Crippen molar-refractivity contribution in [1.82, 2.24) is 0 Å². The first-order chi connectivity index (χ1) is 12.5. The summed E-state index contributed by atoms with van der Waals surface area (Å²) in [7, 11) is 2.87.